The molecule has 0 amide bonds. The van der Waals surface area contributed by atoms with Crippen LogP contribution in [0.1, 0.15) is 39.0 Å². The molecule has 0 unspecified atom stereocenters. The van der Waals surface area contributed by atoms with E-state index >= 15 is 0 Å². The second kappa shape index (κ2) is 5.48. The minimum absolute atomic E-state index is 0.589. The molecule has 1 saturated carbocycles. The minimum atomic E-state index is 0.589. The number of hydrogen-bond donors (Lipinski definition) is 0. The van der Waals surface area contributed by atoms with Crippen molar-refractivity contribution in [2.45, 2.75) is 44.6 Å². The average molecular weight is 252 g/mol. The summed E-state index contributed by atoms with van der Waals surface area (Å²) in [5.74, 6) is 0.897. The van der Waals surface area contributed by atoms with Gasteiger partial charge < -0.3 is 9.64 Å². The van der Waals surface area contributed by atoms with E-state index in [0.29, 0.717) is 5.54 Å². The van der Waals surface area contributed by atoms with E-state index in [2.05, 4.69) is 16.7 Å². The third kappa shape index (κ3) is 2.73. The molecule has 3 nitrogen and oxygen atoms in total. The molecule has 3 heteroatoms. The van der Waals surface area contributed by atoms with Gasteiger partial charge >= 0.3 is 0 Å². The van der Waals surface area contributed by atoms with Gasteiger partial charge in [0.15, 0.2) is 0 Å². The first-order chi connectivity index (χ1) is 8.82. The second-order valence-corrected chi connectivity index (χ2v) is 6.50. The predicted molar refractivity (Wildman–Crippen MR) is 73.8 cm³/mol. The summed E-state index contributed by atoms with van der Waals surface area (Å²) in [5, 5.41) is 0. The lowest BCUT2D eigenvalue weighted by Gasteiger charge is -2.44. The first kappa shape index (κ1) is 12.9. The normalized spacial score (nSPS) is 29.8. The summed E-state index contributed by atoms with van der Waals surface area (Å²) in [6.07, 6.45) is 6.75. The van der Waals surface area contributed by atoms with Gasteiger partial charge in [-0.1, -0.05) is 6.92 Å². The summed E-state index contributed by atoms with van der Waals surface area (Å²) in [5.41, 5.74) is 0.589. The van der Waals surface area contributed by atoms with Crippen molar-refractivity contribution >= 4 is 0 Å². The average Bonchev–Trinajstić information content (AvgIpc) is 3.15. The van der Waals surface area contributed by atoms with Gasteiger partial charge in [0.05, 0.1) is 0 Å². The van der Waals surface area contributed by atoms with Crippen molar-refractivity contribution in [3.05, 3.63) is 0 Å². The summed E-state index contributed by atoms with van der Waals surface area (Å²) >= 11 is 0. The van der Waals surface area contributed by atoms with E-state index in [1.807, 2.05) is 0 Å². The lowest BCUT2D eigenvalue weighted by molar-refractivity contribution is 0.0139. The third-order valence-electron chi connectivity index (χ3n) is 5.06. The zero-order valence-electron chi connectivity index (χ0n) is 11.9. The number of nitrogens with zero attached hydrogens (tertiary/aromatic N) is 2. The van der Waals surface area contributed by atoms with Crippen molar-refractivity contribution < 1.29 is 4.74 Å². The highest BCUT2D eigenvalue weighted by molar-refractivity contribution is 5.08. The van der Waals surface area contributed by atoms with E-state index in [-0.39, 0.29) is 0 Å². The minimum Gasteiger partial charge on any atom is -0.381 e. The zero-order chi connectivity index (χ0) is 12.4. The number of piperazine rings is 1. The van der Waals surface area contributed by atoms with Gasteiger partial charge in [-0.25, -0.2) is 0 Å². The molecule has 18 heavy (non-hydrogen) atoms. The summed E-state index contributed by atoms with van der Waals surface area (Å²) < 4.78 is 5.48. The van der Waals surface area contributed by atoms with Gasteiger partial charge in [-0.3, -0.25) is 4.90 Å². The molecule has 0 aromatic heterocycles. The number of rotatable bonds is 4. The van der Waals surface area contributed by atoms with Crippen molar-refractivity contribution in [2.75, 3.05) is 45.9 Å². The Kier molecular flexibility index (Phi) is 3.92. The van der Waals surface area contributed by atoms with Gasteiger partial charge in [0.2, 0.25) is 0 Å². The van der Waals surface area contributed by atoms with Crippen LogP contribution in [-0.4, -0.2) is 61.3 Å². The van der Waals surface area contributed by atoms with Gasteiger partial charge in [0.25, 0.3) is 0 Å². The molecule has 3 rings (SSSR count). The fourth-order valence-electron chi connectivity index (χ4n) is 3.75. The molecular formula is C15H28N2O. The third-order valence-corrected chi connectivity index (χ3v) is 5.06. The van der Waals surface area contributed by atoms with Crippen molar-refractivity contribution in [1.29, 1.82) is 0 Å². The van der Waals surface area contributed by atoms with E-state index in [0.717, 1.165) is 19.1 Å². The molecule has 104 valence electrons. The largest absolute Gasteiger partial charge is 0.381 e. The van der Waals surface area contributed by atoms with E-state index in [1.165, 1.54) is 64.8 Å². The molecule has 0 atom stereocenters. The van der Waals surface area contributed by atoms with Crippen LogP contribution in [0.4, 0.5) is 0 Å². The summed E-state index contributed by atoms with van der Waals surface area (Å²) in [6, 6.07) is 0. The SMILES string of the molecule is CCCN1CCN(CC2CCOCC2)C2(CC2)C1. The summed E-state index contributed by atoms with van der Waals surface area (Å²) in [4.78, 5) is 5.52. The van der Waals surface area contributed by atoms with Crippen molar-refractivity contribution in [1.82, 2.24) is 9.80 Å². The first-order valence-electron chi connectivity index (χ1n) is 7.87. The van der Waals surface area contributed by atoms with Gasteiger partial charge in [0.1, 0.15) is 0 Å². The van der Waals surface area contributed by atoms with E-state index in [9.17, 15) is 0 Å². The zero-order valence-corrected chi connectivity index (χ0v) is 11.9. The maximum atomic E-state index is 5.48. The highest BCUT2D eigenvalue weighted by Gasteiger charge is 2.51. The van der Waals surface area contributed by atoms with Gasteiger partial charge in [-0.2, -0.15) is 0 Å². The van der Waals surface area contributed by atoms with Crippen molar-refractivity contribution in [3.63, 3.8) is 0 Å². The Morgan fingerprint density at radius 3 is 2.61 bits per heavy atom. The summed E-state index contributed by atoms with van der Waals surface area (Å²) in [6.45, 7) is 10.9. The lowest BCUT2D eigenvalue weighted by atomic mass is 9.97. The second-order valence-electron chi connectivity index (χ2n) is 6.50. The standard InChI is InChI=1S/C15H28N2O/c1-2-7-16-8-9-17(15(13-16)5-6-15)12-14-3-10-18-11-4-14/h14H,2-13H2,1H3. The lowest BCUT2D eigenvalue weighted by Crippen LogP contribution is -2.56. The fraction of sp³-hybridized carbons (Fsp3) is 1.00. The predicted octanol–water partition coefficient (Wildman–Crippen LogP) is 1.97. The molecular weight excluding hydrogens is 224 g/mol. The van der Waals surface area contributed by atoms with Gasteiger partial charge in [-0.05, 0) is 44.6 Å². The topological polar surface area (TPSA) is 15.7 Å². The fourth-order valence-corrected chi connectivity index (χ4v) is 3.75. The molecule has 0 bridgehead atoms. The van der Waals surface area contributed by atoms with Crippen molar-refractivity contribution in [3.8, 4) is 0 Å². The Morgan fingerprint density at radius 1 is 1.17 bits per heavy atom. The van der Waals surface area contributed by atoms with Crippen LogP contribution >= 0.6 is 0 Å². The maximum Gasteiger partial charge on any atom is 0.0469 e. The van der Waals surface area contributed by atoms with Crippen LogP contribution in [0.15, 0.2) is 0 Å². The Balaban J connectivity index is 1.53. The van der Waals surface area contributed by atoms with Crippen LogP contribution in [0, 0.1) is 5.92 Å². The molecule has 0 aromatic carbocycles. The first-order valence-corrected chi connectivity index (χ1v) is 7.87. The maximum absolute atomic E-state index is 5.48. The molecule has 3 aliphatic rings. The number of hydrogen-bond acceptors (Lipinski definition) is 3. The molecule has 0 aromatic rings. The quantitative estimate of drug-likeness (QED) is 0.761. The Labute approximate surface area is 111 Å². The van der Waals surface area contributed by atoms with E-state index in [1.54, 1.807) is 0 Å². The van der Waals surface area contributed by atoms with Crippen molar-refractivity contribution in [2.24, 2.45) is 5.92 Å². The Bertz CT molecular complexity index is 272. The Hall–Kier alpha value is -0.120. The van der Waals surface area contributed by atoms with Crippen LogP contribution in [-0.2, 0) is 4.74 Å². The molecule has 1 spiro atoms. The van der Waals surface area contributed by atoms with Crippen LogP contribution < -0.4 is 0 Å². The molecule has 2 saturated heterocycles. The van der Waals surface area contributed by atoms with Crippen LogP contribution in [0.5, 0.6) is 0 Å². The van der Waals surface area contributed by atoms with Crippen LogP contribution in [0.25, 0.3) is 0 Å². The van der Waals surface area contributed by atoms with E-state index in [4.69, 9.17) is 4.74 Å². The Morgan fingerprint density at radius 2 is 1.94 bits per heavy atom. The van der Waals surface area contributed by atoms with E-state index < -0.39 is 0 Å². The van der Waals surface area contributed by atoms with Gasteiger partial charge in [0, 0.05) is 44.9 Å². The molecule has 0 N–H and O–H groups in total. The highest BCUT2D eigenvalue weighted by Crippen LogP contribution is 2.44. The molecule has 2 aliphatic heterocycles. The molecule has 1 aliphatic carbocycles. The molecule has 3 fully saturated rings. The van der Waals surface area contributed by atoms with Gasteiger partial charge in [-0.15, -0.1) is 0 Å². The monoisotopic (exact) mass is 252 g/mol. The smallest absolute Gasteiger partial charge is 0.0469 e. The highest BCUT2D eigenvalue weighted by atomic mass is 16.5. The van der Waals surface area contributed by atoms with Crippen LogP contribution in [0.2, 0.25) is 0 Å². The van der Waals surface area contributed by atoms with Crippen LogP contribution in [0.3, 0.4) is 0 Å². The molecule has 2 heterocycles. The molecule has 0 radical (unpaired) electrons. The summed E-state index contributed by atoms with van der Waals surface area (Å²) in [7, 11) is 0. The number of ether oxygens (including phenoxy) is 1.